The van der Waals surface area contributed by atoms with Gasteiger partial charge < -0.3 is 4.90 Å². The normalized spacial score (nSPS) is 29.5. The monoisotopic (exact) mass is 298 g/mol. The molecular formula is C19H26N2O. The number of hydrogen-bond acceptors (Lipinski definition) is 2. The van der Waals surface area contributed by atoms with E-state index in [1.807, 2.05) is 6.07 Å². The predicted octanol–water partition coefficient (Wildman–Crippen LogP) is 2.91. The van der Waals surface area contributed by atoms with E-state index in [2.05, 4.69) is 34.1 Å². The zero-order valence-corrected chi connectivity index (χ0v) is 13.3. The van der Waals surface area contributed by atoms with Crippen LogP contribution in [0.3, 0.4) is 0 Å². The molecule has 2 atom stereocenters. The highest BCUT2D eigenvalue weighted by Gasteiger charge is 2.41. The Morgan fingerprint density at radius 3 is 2.64 bits per heavy atom. The van der Waals surface area contributed by atoms with Gasteiger partial charge in [-0.1, -0.05) is 36.8 Å². The number of likely N-dealkylation sites (tertiary alicyclic amines) is 2. The molecule has 1 saturated carbocycles. The minimum atomic E-state index is 0.164. The molecule has 3 aliphatic rings. The Morgan fingerprint density at radius 1 is 1.09 bits per heavy atom. The number of carbonyl (C=O) groups excluding carboxylic acids is 1. The highest BCUT2D eigenvalue weighted by atomic mass is 16.2. The van der Waals surface area contributed by atoms with Crippen LogP contribution < -0.4 is 0 Å². The average molecular weight is 298 g/mol. The first-order valence-electron chi connectivity index (χ1n) is 8.86. The third-order valence-electron chi connectivity index (χ3n) is 5.83. The summed E-state index contributed by atoms with van der Waals surface area (Å²) < 4.78 is 0. The highest BCUT2D eigenvalue weighted by Crippen LogP contribution is 2.34. The molecule has 0 aromatic heterocycles. The van der Waals surface area contributed by atoms with Crippen molar-refractivity contribution in [2.24, 2.45) is 11.8 Å². The van der Waals surface area contributed by atoms with Gasteiger partial charge in [0.15, 0.2) is 0 Å². The lowest BCUT2D eigenvalue weighted by molar-refractivity contribution is -0.147. The maximum absolute atomic E-state index is 12.9. The molecule has 1 aromatic rings. The molecule has 2 heterocycles. The van der Waals surface area contributed by atoms with E-state index in [-0.39, 0.29) is 6.04 Å². The number of piperidine rings is 2. The first-order valence-corrected chi connectivity index (χ1v) is 8.86. The Morgan fingerprint density at radius 2 is 1.91 bits per heavy atom. The van der Waals surface area contributed by atoms with Crippen LogP contribution in [0.15, 0.2) is 30.3 Å². The van der Waals surface area contributed by atoms with Gasteiger partial charge in [-0.05, 0) is 49.6 Å². The van der Waals surface area contributed by atoms with Gasteiger partial charge in [-0.2, -0.15) is 0 Å². The number of benzene rings is 1. The van der Waals surface area contributed by atoms with Crippen LogP contribution in [0.2, 0.25) is 0 Å². The molecule has 3 fully saturated rings. The molecule has 3 heteroatoms. The molecule has 118 valence electrons. The van der Waals surface area contributed by atoms with Gasteiger partial charge >= 0.3 is 0 Å². The van der Waals surface area contributed by atoms with Crippen molar-refractivity contribution in [2.75, 3.05) is 19.6 Å². The summed E-state index contributed by atoms with van der Waals surface area (Å²) in [7, 11) is 0. The zero-order chi connectivity index (χ0) is 14.9. The third kappa shape index (κ3) is 2.79. The van der Waals surface area contributed by atoms with Gasteiger partial charge in [0.1, 0.15) is 0 Å². The third-order valence-corrected chi connectivity index (χ3v) is 5.83. The lowest BCUT2D eigenvalue weighted by atomic mass is 9.81. The van der Waals surface area contributed by atoms with Gasteiger partial charge in [0.2, 0.25) is 5.91 Å². The van der Waals surface area contributed by atoms with Crippen LogP contribution in [0.4, 0.5) is 0 Å². The van der Waals surface area contributed by atoms with E-state index < -0.39 is 0 Å². The second-order valence-corrected chi connectivity index (χ2v) is 7.40. The second kappa shape index (κ2) is 6.04. The van der Waals surface area contributed by atoms with E-state index in [0.717, 1.165) is 38.5 Å². The molecule has 1 aliphatic carbocycles. The SMILES string of the molecule is O=C1[C@H]2C[C@H](CCN2CC2CCC2)CN1Cc1ccccc1. The minimum Gasteiger partial charge on any atom is -0.337 e. The van der Waals surface area contributed by atoms with Gasteiger partial charge in [-0.25, -0.2) is 0 Å². The molecule has 2 saturated heterocycles. The summed E-state index contributed by atoms with van der Waals surface area (Å²) in [5, 5.41) is 0. The average Bonchev–Trinajstić information content (AvgIpc) is 2.50. The van der Waals surface area contributed by atoms with Gasteiger partial charge in [-0.3, -0.25) is 9.69 Å². The number of amides is 1. The van der Waals surface area contributed by atoms with Crippen molar-refractivity contribution in [3.05, 3.63) is 35.9 Å². The number of fused-ring (bicyclic) bond motifs is 2. The minimum absolute atomic E-state index is 0.164. The van der Waals surface area contributed by atoms with Crippen LogP contribution in [0.5, 0.6) is 0 Å². The van der Waals surface area contributed by atoms with Crippen molar-refractivity contribution in [2.45, 2.75) is 44.7 Å². The van der Waals surface area contributed by atoms with E-state index in [1.165, 1.54) is 31.2 Å². The Bertz CT molecular complexity index is 525. The highest BCUT2D eigenvalue weighted by molar-refractivity contribution is 5.83. The molecule has 0 N–H and O–H groups in total. The van der Waals surface area contributed by atoms with E-state index in [4.69, 9.17) is 0 Å². The van der Waals surface area contributed by atoms with E-state index in [9.17, 15) is 4.79 Å². The second-order valence-electron chi connectivity index (χ2n) is 7.40. The molecule has 0 radical (unpaired) electrons. The Balaban J connectivity index is 1.45. The standard InChI is InChI=1S/C19H26N2O/c22-19-18-11-17(9-10-20(18)12-16-7-4-8-16)14-21(19)13-15-5-2-1-3-6-15/h1-3,5-6,16-18H,4,7-14H2/t17-,18+/m0/s1. The van der Waals surface area contributed by atoms with Gasteiger partial charge in [0, 0.05) is 19.6 Å². The molecule has 1 amide bonds. The van der Waals surface area contributed by atoms with E-state index in [0.29, 0.717) is 11.8 Å². The fourth-order valence-corrected chi connectivity index (χ4v) is 4.29. The quantitative estimate of drug-likeness (QED) is 0.853. The first kappa shape index (κ1) is 14.3. The summed E-state index contributed by atoms with van der Waals surface area (Å²) in [5.41, 5.74) is 1.25. The van der Waals surface area contributed by atoms with Crippen LogP contribution in [0.1, 0.15) is 37.7 Å². The fourth-order valence-electron chi connectivity index (χ4n) is 4.29. The van der Waals surface area contributed by atoms with E-state index in [1.54, 1.807) is 0 Å². The lowest BCUT2D eigenvalue weighted by Gasteiger charge is -2.48. The van der Waals surface area contributed by atoms with Crippen LogP contribution >= 0.6 is 0 Å². The van der Waals surface area contributed by atoms with Crippen LogP contribution in [-0.2, 0) is 11.3 Å². The van der Waals surface area contributed by atoms with Crippen molar-refractivity contribution in [1.29, 1.82) is 0 Å². The topological polar surface area (TPSA) is 23.6 Å². The van der Waals surface area contributed by atoms with Crippen LogP contribution in [-0.4, -0.2) is 41.4 Å². The van der Waals surface area contributed by atoms with Crippen molar-refractivity contribution in [3.8, 4) is 0 Å². The Labute approximate surface area is 133 Å². The van der Waals surface area contributed by atoms with Crippen molar-refractivity contribution in [1.82, 2.24) is 9.80 Å². The van der Waals surface area contributed by atoms with Crippen LogP contribution in [0.25, 0.3) is 0 Å². The molecule has 22 heavy (non-hydrogen) atoms. The van der Waals surface area contributed by atoms with Crippen molar-refractivity contribution < 1.29 is 4.79 Å². The number of carbonyl (C=O) groups is 1. The maximum atomic E-state index is 12.9. The molecule has 1 aromatic carbocycles. The molecule has 3 nitrogen and oxygen atoms in total. The van der Waals surface area contributed by atoms with Crippen molar-refractivity contribution in [3.63, 3.8) is 0 Å². The molecule has 0 spiro atoms. The number of nitrogens with zero attached hydrogens (tertiary/aromatic N) is 2. The maximum Gasteiger partial charge on any atom is 0.240 e. The van der Waals surface area contributed by atoms with E-state index >= 15 is 0 Å². The molecule has 2 bridgehead atoms. The smallest absolute Gasteiger partial charge is 0.240 e. The van der Waals surface area contributed by atoms with Gasteiger partial charge in [0.25, 0.3) is 0 Å². The first-order chi connectivity index (χ1) is 10.8. The Kier molecular flexibility index (Phi) is 3.91. The summed E-state index contributed by atoms with van der Waals surface area (Å²) in [6, 6.07) is 10.6. The van der Waals surface area contributed by atoms with Crippen molar-refractivity contribution >= 4 is 5.91 Å². The van der Waals surface area contributed by atoms with Gasteiger partial charge in [0.05, 0.1) is 6.04 Å². The summed E-state index contributed by atoms with van der Waals surface area (Å²) in [6.45, 7) is 4.03. The summed E-state index contributed by atoms with van der Waals surface area (Å²) in [5.74, 6) is 1.94. The molecule has 2 aliphatic heterocycles. The fraction of sp³-hybridized carbons (Fsp3) is 0.632. The summed E-state index contributed by atoms with van der Waals surface area (Å²) >= 11 is 0. The lowest BCUT2D eigenvalue weighted by Crippen LogP contribution is -2.59. The predicted molar refractivity (Wildman–Crippen MR) is 87.3 cm³/mol. The summed E-state index contributed by atoms with van der Waals surface area (Å²) in [4.78, 5) is 17.5. The summed E-state index contributed by atoms with van der Waals surface area (Å²) in [6.07, 6.45) is 6.49. The largest absolute Gasteiger partial charge is 0.337 e. The van der Waals surface area contributed by atoms with Gasteiger partial charge in [-0.15, -0.1) is 0 Å². The number of rotatable bonds is 4. The van der Waals surface area contributed by atoms with Crippen LogP contribution in [0, 0.1) is 11.8 Å². The zero-order valence-electron chi connectivity index (χ0n) is 13.3. The molecule has 0 unspecified atom stereocenters. The molecule has 4 rings (SSSR count). The molecular weight excluding hydrogens is 272 g/mol. The number of hydrogen-bond donors (Lipinski definition) is 0. The Hall–Kier alpha value is -1.35.